The van der Waals surface area contributed by atoms with E-state index in [1.54, 1.807) is 12.1 Å². The molecule has 0 aliphatic heterocycles. The second kappa shape index (κ2) is 5.56. The Morgan fingerprint density at radius 3 is 2.65 bits per heavy atom. The minimum atomic E-state index is 0.486. The van der Waals surface area contributed by atoms with Gasteiger partial charge in [-0.3, -0.25) is 0 Å². The number of azo groups is 1. The van der Waals surface area contributed by atoms with Crippen molar-refractivity contribution in [3.05, 3.63) is 39.8 Å². The first-order chi connectivity index (χ1) is 9.56. The molecule has 1 heterocycles. The van der Waals surface area contributed by atoms with Crippen LogP contribution in [0.4, 0.5) is 16.4 Å². The lowest BCUT2D eigenvalue weighted by Gasteiger charge is -1.99. The van der Waals surface area contributed by atoms with E-state index in [9.17, 15) is 0 Å². The van der Waals surface area contributed by atoms with Gasteiger partial charge in [0.05, 0.1) is 16.1 Å². The molecule has 4 nitrogen and oxygen atoms in total. The number of hydrogen-bond donors (Lipinski definition) is 1. The Kier molecular flexibility index (Phi) is 3.84. The molecule has 5 heteroatoms. The van der Waals surface area contributed by atoms with E-state index in [0.717, 1.165) is 16.8 Å². The topological polar surface area (TPSA) is 74.5 Å². The Labute approximate surface area is 121 Å². The number of terminal acetylenes is 1. The lowest BCUT2D eigenvalue weighted by molar-refractivity contribution is 1.22. The summed E-state index contributed by atoms with van der Waals surface area (Å²) in [5.74, 6) is 2.56. The molecule has 0 saturated heterocycles. The number of benzene rings is 1. The van der Waals surface area contributed by atoms with E-state index in [2.05, 4.69) is 22.2 Å². The normalized spacial score (nSPS) is 10.4. The molecule has 0 radical (unpaired) electrons. The molecule has 0 unspecified atom stereocenters. The maximum Gasteiger partial charge on any atom is 0.158 e. The number of nitrogen functional groups attached to an aromatic ring is 1. The highest BCUT2D eigenvalue weighted by atomic mass is 32.1. The number of nitriles is 1. The van der Waals surface area contributed by atoms with Gasteiger partial charge in [0.15, 0.2) is 5.00 Å². The van der Waals surface area contributed by atoms with Gasteiger partial charge in [0.1, 0.15) is 6.07 Å². The first-order valence-corrected chi connectivity index (χ1v) is 6.66. The van der Waals surface area contributed by atoms with E-state index < -0.39 is 0 Å². The van der Waals surface area contributed by atoms with Crippen molar-refractivity contribution in [2.75, 3.05) is 5.73 Å². The predicted molar refractivity (Wildman–Crippen MR) is 81.5 cm³/mol. The van der Waals surface area contributed by atoms with Gasteiger partial charge < -0.3 is 5.73 Å². The second-order valence-electron chi connectivity index (χ2n) is 4.24. The van der Waals surface area contributed by atoms with E-state index >= 15 is 0 Å². The zero-order chi connectivity index (χ0) is 14.7. The maximum absolute atomic E-state index is 9.17. The van der Waals surface area contributed by atoms with Gasteiger partial charge in [0.25, 0.3) is 0 Å². The van der Waals surface area contributed by atoms with Gasteiger partial charge in [0.2, 0.25) is 0 Å². The Morgan fingerprint density at radius 1 is 1.30 bits per heavy atom. The van der Waals surface area contributed by atoms with Gasteiger partial charge in [0, 0.05) is 5.69 Å². The van der Waals surface area contributed by atoms with Gasteiger partial charge in [-0.05, 0) is 43.2 Å². The summed E-state index contributed by atoms with van der Waals surface area (Å²) in [5, 5.41) is 18.0. The molecule has 0 aliphatic rings. The number of hydrogen-bond acceptors (Lipinski definition) is 5. The van der Waals surface area contributed by atoms with Crippen molar-refractivity contribution >= 4 is 27.7 Å². The molecule has 20 heavy (non-hydrogen) atoms. The summed E-state index contributed by atoms with van der Waals surface area (Å²) in [6, 6.07) is 7.50. The van der Waals surface area contributed by atoms with Gasteiger partial charge in [-0.15, -0.1) is 28.0 Å². The van der Waals surface area contributed by atoms with Crippen LogP contribution in [0.3, 0.4) is 0 Å². The fourth-order valence-electron chi connectivity index (χ4n) is 1.73. The molecule has 0 spiro atoms. The van der Waals surface area contributed by atoms with E-state index in [4.69, 9.17) is 17.4 Å². The van der Waals surface area contributed by atoms with Crippen molar-refractivity contribution in [2.24, 2.45) is 10.2 Å². The molecule has 0 fully saturated rings. The highest BCUT2D eigenvalue weighted by molar-refractivity contribution is 7.16. The van der Waals surface area contributed by atoms with Crippen LogP contribution >= 0.6 is 11.3 Å². The number of rotatable bonds is 2. The molecule has 0 bridgehead atoms. The molecule has 0 amide bonds. The quantitative estimate of drug-likeness (QED) is 0.508. The Bertz CT molecular complexity index is 772. The first kappa shape index (κ1) is 13.8. The Hall–Kier alpha value is -2.63. The monoisotopic (exact) mass is 280 g/mol. The van der Waals surface area contributed by atoms with Gasteiger partial charge in [-0.25, -0.2) is 0 Å². The minimum Gasteiger partial charge on any atom is -0.399 e. The van der Waals surface area contributed by atoms with Crippen molar-refractivity contribution < 1.29 is 0 Å². The van der Waals surface area contributed by atoms with Crippen LogP contribution in [0.15, 0.2) is 28.4 Å². The van der Waals surface area contributed by atoms with Crippen LogP contribution in [0, 0.1) is 37.5 Å². The molecule has 2 rings (SSSR count). The molecular weight excluding hydrogens is 268 g/mol. The van der Waals surface area contributed by atoms with Crippen LogP contribution < -0.4 is 5.73 Å². The van der Waals surface area contributed by atoms with Crippen LogP contribution in [0.5, 0.6) is 0 Å². The van der Waals surface area contributed by atoms with E-state index in [1.165, 1.54) is 11.3 Å². The fourth-order valence-corrected chi connectivity index (χ4v) is 2.62. The standard InChI is InChI=1S/C15H12N4S/c1-4-14-10(3)12(8-16)15(20-14)19-18-13-6-5-11(17)7-9(13)2/h1,5-7H,17H2,2-3H3. The fraction of sp³-hybridized carbons (Fsp3) is 0.133. The summed E-state index contributed by atoms with van der Waals surface area (Å²) in [7, 11) is 0. The third-order valence-corrected chi connectivity index (χ3v) is 3.95. The second-order valence-corrected chi connectivity index (χ2v) is 5.24. The molecule has 1 aromatic carbocycles. The lowest BCUT2D eigenvalue weighted by atomic mass is 10.2. The molecule has 2 N–H and O–H groups in total. The Balaban J connectivity index is 2.42. The van der Waals surface area contributed by atoms with Crippen LogP contribution in [-0.2, 0) is 0 Å². The number of thiophene rings is 1. The zero-order valence-corrected chi connectivity index (χ0v) is 12.0. The molecule has 0 atom stereocenters. The van der Waals surface area contributed by atoms with Crippen LogP contribution in [0.25, 0.3) is 0 Å². The predicted octanol–water partition coefficient (Wildman–Crippen LogP) is 4.22. The minimum absolute atomic E-state index is 0.486. The van der Waals surface area contributed by atoms with Gasteiger partial charge in [-0.1, -0.05) is 5.92 Å². The first-order valence-electron chi connectivity index (χ1n) is 5.84. The molecule has 0 saturated carbocycles. The third-order valence-electron chi connectivity index (χ3n) is 2.84. The summed E-state index contributed by atoms with van der Waals surface area (Å²) < 4.78 is 0. The van der Waals surface area contributed by atoms with Crippen molar-refractivity contribution in [1.29, 1.82) is 5.26 Å². The van der Waals surface area contributed by atoms with Crippen molar-refractivity contribution in [2.45, 2.75) is 13.8 Å². The highest BCUT2D eigenvalue weighted by Gasteiger charge is 2.13. The van der Waals surface area contributed by atoms with E-state index in [-0.39, 0.29) is 0 Å². The van der Waals surface area contributed by atoms with E-state index in [1.807, 2.05) is 19.9 Å². The van der Waals surface area contributed by atoms with Crippen molar-refractivity contribution in [3.8, 4) is 18.4 Å². The number of anilines is 1. The molecule has 0 aliphatic carbocycles. The summed E-state index contributed by atoms with van der Waals surface area (Å²) in [6.45, 7) is 3.72. The number of nitrogens with two attached hydrogens (primary N) is 1. The SMILES string of the molecule is C#Cc1sc(N=Nc2ccc(N)cc2C)c(C#N)c1C. The summed E-state index contributed by atoms with van der Waals surface area (Å²) in [4.78, 5) is 0.713. The lowest BCUT2D eigenvalue weighted by Crippen LogP contribution is -1.84. The summed E-state index contributed by atoms with van der Waals surface area (Å²) >= 11 is 1.30. The average molecular weight is 280 g/mol. The molecule has 98 valence electrons. The van der Waals surface area contributed by atoms with Crippen LogP contribution in [-0.4, -0.2) is 0 Å². The smallest absolute Gasteiger partial charge is 0.158 e. The largest absolute Gasteiger partial charge is 0.399 e. The highest BCUT2D eigenvalue weighted by Crippen LogP contribution is 2.35. The van der Waals surface area contributed by atoms with Gasteiger partial charge in [-0.2, -0.15) is 5.26 Å². The third kappa shape index (κ3) is 2.54. The summed E-state index contributed by atoms with van der Waals surface area (Å²) in [5.41, 5.74) is 9.28. The molecule has 2 aromatic rings. The number of nitrogens with zero attached hydrogens (tertiary/aromatic N) is 3. The molecule has 1 aromatic heterocycles. The van der Waals surface area contributed by atoms with Crippen molar-refractivity contribution in [1.82, 2.24) is 0 Å². The average Bonchev–Trinajstić information content (AvgIpc) is 2.73. The zero-order valence-electron chi connectivity index (χ0n) is 11.1. The van der Waals surface area contributed by atoms with E-state index in [0.29, 0.717) is 21.1 Å². The molecular formula is C15H12N4S. The number of aryl methyl sites for hydroxylation is 1. The summed E-state index contributed by atoms with van der Waals surface area (Å²) in [6.07, 6.45) is 5.40. The van der Waals surface area contributed by atoms with Crippen LogP contribution in [0.1, 0.15) is 21.6 Å². The van der Waals surface area contributed by atoms with Crippen LogP contribution in [0.2, 0.25) is 0 Å². The maximum atomic E-state index is 9.17. The Morgan fingerprint density at radius 2 is 2.05 bits per heavy atom. The van der Waals surface area contributed by atoms with Gasteiger partial charge >= 0.3 is 0 Å². The van der Waals surface area contributed by atoms with Crippen molar-refractivity contribution in [3.63, 3.8) is 0 Å².